The van der Waals surface area contributed by atoms with Crippen molar-refractivity contribution in [3.63, 3.8) is 0 Å². The second-order valence-corrected chi connectivity index (χ2v) is 4.35. The third kappa shape index (κ3) is 3.62. The maximum atomic E-state index is 13.5. The number of hydrogen-bond acceptors (Lipinski definition) is 3. The van der Waals surface area contributed by atoms with Crippen LogP contribution in [0.4, 0.5) is 14.5 Å². The number of nitrogens with one attached hydrogen (secondary N) is 1. The number of benzene rings is 2. The van der Waals surface area contributed by atoms with Crippen molar-refractivity contribution in [2.24, 2.45) is 0 Å². The Balaban J connectivity index is 2.15. The van der Waals surface area contributed by atoms with Crippen LogP contribution < -0.4 is 14.8 Å². The minimum atomic E-state index is -0.568. The first-order chi connectivity index (χ1) is 10.2. The van der Waals surface area contributed by atoms with Crippen LogP contribution in [0.2, 0.25) is 0 Å². The highest BCUT2D eigenvalue weighted by Crippen LogP contribution is 2.30. The summed E-state index contributed by atoms with van der Waals surface area (Å²) in [6, 6.07) is 9.06. The lowest BCUT2D eigenvalue weighted by molar-refractivity contribution is 0.311. The Morgan fingerprint density at radius 1 is 1.05 bits per heavy atom. The standard InChI is InChI=1S/C16H17F2NO2/c1-3-21-16-9-11(7-8-15(16)20-2)19-10-12-13(17)5-4-6-14(12)18/h4-9,19H,3,10H2,1-2H3. The number of rotatable bonds is 6. The third-order valence-corrected chi connectivity index (χ3v) is 2.99. The summed E-state index contributed by atoms with van der Waals surface area (Å²) >= 11 is 0. The fourth-order valence-electron chi connectivity index (χ4n) is 1.95. The number of ether oxygens (including phenoxy) is 2. The molecule has 0 aromatic heterocycles. The van der Waals surface area contributed by atoms with Gasteiger partial charge in [0.1, 0.15) is 11.6 Å². The van der Waals surface area contributed by atoms with Crippen LogP contribution in [0.25, 0.3) is 0 Å². The summed E-state index contributed by atoms with van der Waals surface area (Å²) in [5.41, 5.74) is 0.702. The Hall–Kier alpha value is -2.30. The molecule has 0 saturated heterocycles. The molecule has 1 N–H and O–H groups in total. The Kier molecular flexibility index (Phi) is 4.98. The molecule has 3 nitrogen and oxygen atoms in total. The van der Waals surface area contributed by atoms with Gasteiger partial charge in [-0.3, -0.25) is 0 Å². The zero-order valence-corrected chi connectivity index (χ0v) is 12.0. The van der Waals surface area contributed by atoms with Crippen LogP contribution >= 0.6 is 0 Å². The summed E-state index contributed by atoms with van der Waals surface area (Å²) < 4.78 is 37.7. The molecule has 2 rings (SSSR count). The van der Waals surface area contributed by atoms with Crippen LogP contribution in [0.5, 0.6) is 11.5 Å². The number of hydrogen-bond donors (Lipinski definition) is 1. The van der Waals surface area contributed by atoms with Gasteiger partial charge in [0.2, 0.25) is 0 Å². The van der Waals surface area contributed by atoms with E-state index in [-0.39, 0.29) is 12.1 Å². The Labute approximate surface area is 122 Å². The van der Waals surface area contributed by atoms with Crippen molar-refractivity contribution in [3.05, 3.63) is 53.6 Å². The lowest BCUT2D eigenvalue weighted by atomic mass is 10.2. The molecule has 112 valence electrons. The fourth-order valence-corrected chi connectivity index (χ4v) is 1.95. The SMILES string of the molecule is CCOc1cc(NCc2c(F)cccc2F)ccc1OC. The van der Waals surface area contributed by atoms with Crippen LogP contribution in [0.3, 0.4) is 0 Å². The third-order valence-electron chi connectivity index (χ3n) is 2.99. The molecule has 21 heavy (non-hydrogen) atoms. The Morgan fingerprint density at radius 2 is 1.76 bits per heavy atom. The van der Waals surface area contributed by atoms with Gasteiger partial charge < -0.3 is 14.8 Å². The van der Waals surface area contributed by atoms with Crippen molar-refractivity contribution in [1.82, 2.24) is 0 Å². The normalized spacial score (nSPS) is 10.3. The molecule has 0 radical (unpaired) electrons. The average molecular weight is 293 g/mol. The summed E-state index contributed by atoms with van der Waals surface area (Å²) in [5, 5.41) is 2.98. The van der Waals surface area contributed by atoms with E-state index in [1.54, 1.807) is 25.3 Å². The summed E-state index contributed by atoms with van der Waals surface area (Å²) in [6.07, 6.45) is 0. The zero-order chi connectivity index (χ0) is 15.2. The maximum absolute atomic E-state index is 13.5. The predicted octanol–water partition coefficient (Wildman–Crippen LogP) is 3.98. The maximum Gasteiger partial charge on any atom is 0.163 e. The van der Waals surface area contributed by atoms with Gasteiger partial charge in [0, 0.05) is 23.9 Å². The molecule has 0 bridgehead atoms. The molecule has 0 aliphatic rings. The predicted molar refractivity (Wildman–Crippen MR) is 77.8 cm³/mol. The van der Waals surface area contributed by atoms with Gasteiger partial charge in [0.15, 0.2) is 11.5 Å². The zero-order valence-electron chi connectivity index (χ0n) is 12.0. The number of anilines is 1. The molecule has 0 saturated carbocycles. The smallest absolute Gasteiger partial charge is 0.163 e. The van der Waals surface area contributed by atoms with E-state index in [9.17, 15) is 8.78 Å². The van der Waals surface area contributed by atoms with Gasteiger partial charge in [0.05, 0.1) is 13.7 Å². The van der Waals surface area contributed by atoms with E-state index >= 15 is 0 Å². The second kappa shape index (κ2) is 6.92. The van der Waals surface area contributed by atoms with Crippen LogP contribution in [0.15, 0.2) is 36.4 Å². The highest BCUT2D eigenvalue weighted by atomic mass is 19.1. The van der Waals surface area contributed by atoms with Crippen molar-refractivity contribution < 1.29 is 18.3 Å². The molecule has 0 atom stereocenters. The van der Waals surface area contributed by atoms with Crippen molar-refractivity contribution in [2.75, 3.05) is 19.0 Å². The molecule has 0 heterocycles. The van der Waals surface area contributed by atoms with Crippen molar-refractivity contribution >= 4 is 5.69 Å². The molecule has 0 amide bonds. The van der Waals surface area contributed by atoms with E-state index < -0.39 is 11.6 Å². The van der Waals surface area contributed by atoms with Crippen molar-refractivity contribution in [2.45, 2.75) is 13.5 Å². The summed E-state index contributed by atoms with van der Waals surface area (Å²) in [7, 11) is 1.56. The molecule has 2 aromatic rings. The van der Waals surface area contributed by atoms with E-state index in [2.05, 4.69) is 5.32 Å². The summed E-state index contributed by atoms with van der Waals surface area (Å²) in [6.45, 7) is 2.42. The second-order valence-electron chi connectivity index (χ2n) is 4.35. The first kappa shape index (κ1) is 15.1. The molecular weight excluding hydrogens is 276 g/mol. The average Bonchev–Trinajstić information content (AvgIpc) is 2.47. The van der Waals surface area contributed by atoms with Crippen molar-refractivity contribution in [1.29, 1.82) is 0 Å². The minimum Gasteiger partial charge on any atom is -0.493 e. The van der Waals surface area contributed by atoms with Gasteiger partial charge in [-0.25, -0.2) is 8.78 Å². The highest BCUT2D eigenvalue weighted by molar-refractivity contribution is 5.55. The van der Waals surface area contributed by atoms with Crippen LogP contribution in [-0.2, 0) is 6.54 Å². The topological polar surface area (TPSA) is 30.5 Å². The highest BCUT2D eigenvalue weighted by Gasteiger charge is 2.09. The number of halogens is 2. The molecule has 0 aliphatic carbocycles. The van der Waals surface area contributed by atoms with E-state index in [0.29, 0.717) is 23.8 Å². The fraction of sp³-hybridized carbons (Fsp3) is 0.250. The minimum absolute atomic E-state index is 0.00581. The van der Waals surface area contributed by atoms with Crippen LogP contribution in [0, 0.1) is 11.6 Å². The molecule has 0 fully saturated rings. The first-order valence-electron chi connectivity index (χ1n) is 6.63. The van der Waals surface area contributed by atoms with Crippen molar-refractivity contribution in [3.8, 4) is 11.5 Å². The Bertz CT molecular complexity index is 597. The molecule has 0 spiro atoms. The van der Waals surface area contributed by atoms with Gasteiger partial charge in [0.25, 0.3) is 0 Å². The van der Waals surface area contributed by atoms with Gasteiger partial charge in [-0.15, -0.1) is 0 Å². The lowest BCUT2D eigenvalue weighted by Crippen LogP contribution is -2.05. The number of methoxy groups -OCH3 is 1. The van der Waals surface area contributed by atoms with E-state index in [1.807, 2.05) is 6.92 Å². The molecule has 2 aromatic carbocycles. The monoisotopic (exact) mass is 293 g/mol. The van der Waals surface area contributed by atoms with Gasteiger partial charge in [-0.2, -0.15) is 0 Å². The van der Waals surface area contributed by atoms with Crippen LogP contribution in [0.1, 0.15) is 12.5 Å². The molecule has 0 aliphatic heterocycles. The lowest BCUT2D eigenvalue weighted by Gasteiger charge is -2.13. The van der Waals surface area contributed by atoms with Gasteiger partial charge >= 0.3 is 0 Å². The summed E-state index contributed by atoms with van der Waals surface area (Å²) in [4.78, 5) is 0. The first-order valence-corrected chi connectivity index (χ1v) is 6.63. The molecule has 0 unspecified atom stereocenters. The molecular formula is C16H17F2NO2. The van der Waals surface area contributed by atoms with Crippen LogP contribution in [-0.4, -0.2) is 13.7 Å². The van der Waals surface area contributed by atoms with E-state index in [4.69, 9.17) is 9.47 Å². The summed E-state index contributed by atoms with van der Waals surface area (Å²) in [5.74, 6) is 0.0561. The quantitative estimate of drug-likeness (QED) is 0.873. The van der Waals surface area contributed by atoms with Gasteiger partial charge in [-0.1, -0.05) is 6.07 Å². The Morgan fingerprint density at radius 3 is 2.38 bits per heavy atom. The van der Waals surface area contributed by atoms with E-state index in [0.717, 1.165) is 0 Å². The van der Waals surface area contributed by atoms with Gasteiger partial charge in [-0.05, 0) is 31.2 Å². The van der Waals surface area contributed by atoms with E-state index in [1.165, 1.54) is 18.2 Å². The largest absolute Gasteiger partial charge is 0.493 e. The molecule has 5 heteroatoms.